The third-order valence-corrected chi connectivity index (χ3v) is 7.22. The second kappa shape index (κ2) is 4.63. The van der Waals surface area contributed by atoms with Gasteiger partial charge in [-0.05, 0) is 5.56 Å². The van der Waals surface area contributed by atoms with Crippen molar-refractivity contribution in [2.75, 3.05) is 19.0 Å². The monoisotopic (exact) mass is 223 g/mol. The Morgan fingerprint density at radius 2 is 1.80 bits per heavy atom. The molecule has 1 saturated heterocycles. The predicted molar refractivity (Wildman–Crippen MR) is 68.0 cm³/mol. The van der Waals surface area contributed by atoms with Gasteiger partial charge in [-0.1, -0.05) is 30.3 Å². The molecule has 1 aliphatic rings. The van der Waals surface area contributed by atoms with Crippen LogP contribution < -0.4 is 0 Å². The Hall–Kier alpha value is -0.390. The maximum atomic E-state index is 9.53. The maximum absolute atomic E-state index is 9.53. The smallest absolute Gasteiger partial charge is 0.0840 e. The molecule has 15 heavy (non-hydrogen) atoms. The molecule has 2 heteroatoms. The molecular weight excluding hydrogens is 203 g/mol. The van der Waals surface area contributed by atoms with Crippen molar-refractivity contribution in [1.29, 1.82) is 0 Å². The normalized spacial score (nSPS) is 31.5. The van der Waals surface area contributed by atoms with E-state index in [1.54, 1.807) is 0 Å². The summed E-state index contributed by atoms with van der Waals surface area (Å²) < 4.78 is 0. The summed E-state index contributed by atoms with van der Waals surface area (Å²) in [7, 11) is -0.783. The van der Waals surface area contributed by atoms with Gasteiger partial charge in [0.1, 0.15) is 0 Å². The predicted octanol–water partition coefficient (Wildman–Crippen LogP) is 2.99. The van der Waals surface area contributed by atoms with Crippen molar-refractivity contribution in [2.24, 2.45) is 0 Å². The zero-order valence-electron chi connectivity index (χ0n) is 9.39. The molecule has 1 aromatic carbocycles. The molecule has 1 aromatic rings. The van der Waals surface area contributed by atoms with Crippen LogP contribution in [-0.2, 0) is 6.16 Å². The molecule has 0 saturated carbocycles. The Balaban J connectivity index is 1.99. The van der Waals surface area contributed by atoms with E-state index in [4.69, 9.17) is 0 Å². The van der Waals surface area contributed by atoms with E-state index in [0.29, 0.717) is 0 Å². The molecule has 1 fully saturated rings. The fourth-order valence-corrected chi connectivity index (χ4v) is 5.83. The van der Waals surface area contributed by atoms with Crippen LogP contribution in [0.1, 0.15) is 18.4 Å². The zero-order valence-corrected chi connectivity index (χ0v) is 10.3. The minimum absolute atomic E-state index is 0.0196. The highest BCUT2D eigenvalue weighted by atomic mass is 31.2. The molecule has 0 aromatic heterocycles. The Morgan fingerprint density at radius 1 is 1.20 bits per heavy atom. The maximum Gasteiger partial charge on any atom is 0.0840 e. The van der Waals surface area contributed by atoms with E-state index in [1.165, 1.54) is 24.0 Å². The van der Waals surface area contributed by atoms with Crippen LogP contribution in [-0.4, -0.2) is 30.2 Å². The lowest BCUT2D eigenvalue weighted by molar-refractivity contribution is 0.164. The first-order valence-corrected chi connectivity index (χ1v) is 8.53. The molecule has 0 amide bonds. The first kappa shape index (κ1) is 11.1. The van der Waals surface area contributed by atoms with Crippen LogP contribution in [0.2, 0.25) is 0 Å². The lowest BCUT2D eigenvalue weighted by Crippen LogP contribution is -2.21. The van der Waals surface area contributed by atoms with E-state index < -0.39 is 7.26 Å². The zero-order chi connectivity index (χ0) is 10.7. The van der Waals surface area contributed by atoms with Gasteiger partial charge in [-0.15, -0.1) is 0 Å². The van der Waals surface area contributed by atoms with Gasteiger partial charge in [-0.25, -0.2) is 0 Å². The molecule has 0 spiro atoms. The average molecular weight is 223 g/mol. The summed E-state index contributed by atoms with van der Waals surface area (Å²) in [5.41, 5.74) is 1.48. The van der Waals surface area contributed by atoms with Gasteiger partial charge in [0, 0.05) is 26.8 Å². The topological polar surface area (TPSA) is 20.2 Å². The first-order valence-electron chi connectivity index (χ1n) is 5.73. The van der Waals surface area contributed by atoms with Gasteiger partial charge < -0.3 is 5.11 Å². The minimum Gasteiger partial charge on any atom is -0.393 e. The molecular formula is C13H20OP+. The highest BCUT2D eigenvalue weighted by Gasteiger charge is 2.36. The quantitative estimate of drug-likeness (QED) is 0.764. The van der Waals surface area contributed by atoms with Crippen LogP contribution in [0, 0.1) is 0 Å². The SMILES string of the molecule is C[P+]1(Cc2ccccc2)CCC(O)CC1. The molecule has 1 nitrogen and oxygen atoms in total. The van der Waals surface area contributed by atoms with Gasteiger partial charge in [0.15, 0.2) is 0 Å². The molecule has 0 unspecified atom stereocenters. The number of hydrogen-bond donors (Lipinski definition) is 1. The minimum atomic E-state index is -0.783. The largest absolute Gasteiger partial charge is 0.393 e. The molecule has 0 radical (unpaired) electrons. The molecule has 0 bridgehead atoms. The number of rotatable bonds is 2. The van der Waals surface area contributed by atoms with Gasteiger partial charge >= 0.3 is 0 Å². The van der Waals surface area contributed by atoms with Crippen molar-refractivity contribution < 1.29 is 5.11 Å². The van der Waals surface area contributed by atoms with Crippen molar-refractivity contribution in [2.45, 2.75) is 25.1 Å². The first-order chi connectivity index (χ1) is 7.18. The van der Waals surface area contributed by atoms with Crippen LogP contribution in [0.5, 0.6) is 0 Å². The molecule has 1 N–H and O–H groups in total. The number of aliphatic hydroxyl groups excluding tert-OH is 1. The van der Waals surface area contributed by atoms with Crippen LogP contribution in [0.15, 0.2) is 30.3 Å². The molecule has 0 aliphatic carbocycles. The van der Waals surface area contributed by atoms with Crippen molar-refractivity contribution >= 4 is 7.26 Å². The molecule has 1 heterocycles. The lowest BCUT2D eigenvalue weighted by Gasteiger charge is -2.29. The second-order valence-electron chi connectivity index (χ2n) is 4.94. The second-order valence-corrected chi connectivity index (χ2v) is 9.39. The van der Waals surface area contributed by atoms with Crippen molar-refractivity contribution in [3.05, 3.63) is 35.9 Å². The number of aliphatic hydroxyl groups is 1. The number of benzene rings is 1. The standard InChI is InChI=1S/C13H20OP/c1-15(9-7-13(14)8-10-15)11-12-5-3-2-4-6-12/h2-6,13-14H,7-11H2,1H3/q+1. The van der Waals surface area contributed by atoms with E-state index in [0.717, 1.165) is 12.8 Å². The third-order valence-electron chi connectivity index (χ3n) is 3.41. The van der Waals surface area contributed by atoms with Gasteiger partial charge in [-0.3, -0.25) is 0 Å². The molecule has 1 aliphatic heterocycles. The Morgan fingerprint density at radius 3 is 2.40 bits per heavy atom. The highest BCUT2D eigenvalue weighted by Crippen LogP contribution is 2.61. The van der Waals surface area contributed by atoms with E-state index in [-0.39, 0.29) is 6.10 Å². The summed E-state index contributed by atoms with van der Waals surface area (Å²) >= 11 is 0. The van der Waals surface area contributed by atoms with E-state index in [9.17, 15) is 5.11 Å². The summed E-state index contributed by atoms with van der Waals surface area (Å²) in [5, 5.41) is 9.53. The highest BCUT2D eigenvalue weighted by molar-refractivity contribution is 7.74. The fraction of sp³-hybridized carbons (Fsp3) is 0.538. The summed E-state index contributed by atoms with van der Waals surface area (Å²) in [5.74, 6) is 0. The summed E-state index contributed by atoms with van der Waals surface area (Å²) in [6.07, 6.45) is 5.83. The van der Waals surface area contributed by atoms with Crippen LogP contribution in [0.25, 0.3) is 0 Å². The van der Waals surface area contributed by atoms with Crippen LogP contribution >= 0.6 is 7.26 Å². The van der Waals surface area contributed by atoms with E-state index >= 15 is 0 Å². The van der Waals surface area contributed by atoms with Gasteiger partial charge in [0.25, 0.3) is 0 Å². The number of hydrogen-bond acceptors (Lipinski definition) is 1. The van der Waals surface area contributed by atoms with Gasteiger partial charge in [-0.2, -0.15) is 0 Å². The Kier molecular flexibility index (Phi) is 3.43. The fourth-order valence-electron chi connectivity index (χ4n) is 2.36. The lowest BCUT2D eigenvalue weighted by atomic mass is 10.2. The Bertz CT molecular complexity index is 302. The third kappa shape index (κ3) is 3.03. The van der Waals surface area contributed by atoms with Gasteiger partial charge in [0.2, 0.25) is 0 Å². The van der Waals surface area contributed by atoms with Crippen molar-refractivity contribution in [3.8, 4) is 0 Å². The van der Waals surface area contributed by atoms with Crippen LogP contribution in [0.4, 0.5) is 0 Å². The van der Waals surface area contributed by atoms with Crippen molar-refractivity contribution in [1.82, 2.24) is 0 Å². The van der Waals surface area contributed by atoms with Gasteiger partial charge in [0.05, 0.1) is 24.6 Å². The van der Waals surface area contributed by atoms with E-state index in [2.05, 4.69) is 37.0 Å². The average Bonchev–Trinajstić information content (AvgIpc) is 2.24. The molecule has 2 rings (SSSR count). The van der Waals surface area contributed by atoms with Crippen LogP contribution in [0.3, 0.4) is 0 Å². The van der Waals surface area contributed by atoms with Crippen molar-refractivity contribution in [3.63, 3.8) is 0 Å². The molecule has 0 atom stereocenters. The summed E-state index contributed by atoms with van der Waals surface area (Å²) in [6, 6.07) is 10.8. The Labute approximate surface area is 92.9 Å². The molecule has 82 valence electrons. The summed E-state index contributed by atoms with van der Waals surface area (Å²) in [6.45, 7) is 2.46. The van der Waals surface area contributed by atoms with E-state index in [1.807, 2.05) is 0 Å². The summed E-state index contributed by atoms with van der Waals surface area (Å²) in [4.78, 5) is 0.